The average molecular weight is 291 g/mol. The van der Waals surface area contributed by atoms with E-state index < -0.39 is 0 Å². The van der Waals surface area contributed by atoms with Gasteiger partial charge in [0.25, 0.3) is 0 Å². The van der Waals surface area contributed by atoms with Gasteiger partial charge in [-0.15, -0.1) is 0 Å². The molecule has 0 fully saturated rings. The molecular weight excluding hydrogens is 262 g/mol. The van der Waals surface area contributed by atoms with Crippen LogP contribution in [0.25, 0.3) is 0 Å². The molecule has 3 nitrogen and oxygen atoms in total. The molecule has 0 amide bonds. The van der Waals surface area contributed by atoms with E-state index in [9.17, 15) is 4.79 Å². The van der Waals surface area contributed by atoms with E-state index in [0.717, 1.165) is 18.7 Å². The zero-order valence-corrected chi connectivity index (χ0v) is 14.1. The highest BCUT2D eigenvalue weighted by atomic mass is 16.5. The number of benzene rings is 1. The van der Waals surface area contributed by atoms with Crippen molar-refractivity contribution in [3.63, 3.8) is 0 Å². The summed E-state index contributed by atoms with van der Waals surface area (Å²) in [5.74, 6) is 1.22. The van der Waals surface area contributed by atoms with Gasteiger partial charge in [-0.05, 0) is 17.4 Å². The molecule has 0 aromatic heterocycles. The van der Waals surface area contributed by atoms with E-state index in [4.69, 9.17) is 4.74 Å². The molecule has 0 N–H and O–H groups in total. The lowest BCUT2D eigenvalue weighted by Gasteiger charge is -2.23. The van der Waals surface area contributed by atoms with Gasteiger partial charge in [0.15, 0.2) is 5.78 Å². The number of nitrogens with zero attached hydrogens (tertiary/aromatic N) is 1. The first kappa shape index (κ1) is 17.9. The minimum atomic E-state index is 0.182. The lowest BCUT2D eigenvalue weighted by molar-refractivity contribution is 0.0881. The summed E-state index contributed by atoms with van der Waals surface area (Å²) in [5.41, 5.74) is 2.07. The minimum Gasteiger partial charge on any atom is -0.383 e. The van der Waals surface area contributed by atoms with Gasteiger partial charge in [-0.3, -0.25) is 9.69 Å². The summed E-state index contributed by atoms with van der Waals surface area (Å²) in [6, 6.07) is 8.00. The summed E-state index contributed by atoms with van der Waals surface area (Å²) in [4.78, 5) is 14.6. The predicted octanol–water partition coefficient (Wildman–Crippen LogP) is 3.60. The number of hydrogen-bond acceptors (Lipinski definition) is 3. The van der Waals surface area contributed by atoms with Crippen molar-refractivity contribution in [2.45, 2.75) is 33.6 Å². The molecule has 3 heteroatoms. The second-order valence-electron chi connectivity index (χ2n) is 6.32. The van der Waals surface area contributed by atoms with Gasteiger partial charge in [0.05, 0.1) is 13.2 Å². The molecule has 1 rings (SSSR count). The molecule has 0 aliphatic rings. The molecule has 0 saturated carbocycles. The lowest BCUT2D eigenvalue weighted by atomic mass is 10.0. The Labute approximate surface area is 129 Å². The number of rotatable bonds is 9. The van der Waals surface area contributed by atoms with Crippen LogP contribution in [0.5, 0.6) is 0 Å². The Bertz CT molecular complexity index is 423. The summed E-state index contributed by atoms with van der Waals surface area (Å²) in [5, 5.41) is 0. The van der Waals surface area contributed by atoms with Gasteiger partial charge >= 0.3 is 0 Å². The molecule has 1 aromatic carbocycles. The third-order valence-corrected chi connectivity index (χ3v) is 3.50. The quantitative estimate of drug-likeness (QED) is 0.651. The highest BCUT2D eigenvalue weighted by Crippen LogP contribution is 2.15. The molecule has 0 atom stereocenters. The molecule has 0 radical (unpaired) electrons. The van der Waals surface area contributed by atoms with E-state index in [1.807, 2.05) is 12.1 Å². The third-order valence-electron chi connectivity index (χ3n) is 3.50. The van der Waals surface area contributed by atoms with Crippen LogP contribution in [0.3, 0.4) is 0 Å². The van der Waals surface area contributed by atoms with Gasteiger partial charge in [0, 0.05) is 25.8 Å². The Morgan fingerprint density at radius 3 is 2.24 bits per heavy atom. The highest BCUT2D eigenvalue weighted by molar-refractivity contribution is 5.97. The monoisotopic (exact) mass is 291 g/mol. The third kappa shape index (κ3) is 6.40. The Kier molecular flexibility index (Phi) is 7.62. The number of ether oxygens (including phenoxy) is 1. The van der Waals surface area contributed by atoms with Crippen molar-refractivity contribution >= 4 is 5.78 Å². The van der Waals surface area contributed by atoms with Crippen LogP contribution in [-0.4, -0.2) is 44.0 Å². The fraction of sp³-hybridized carbons (Fsp3) is 0.611. The van der Waals surface area contributed by atoms with Crippen LogP contribution in [0.15, 0.2) is 24.3 Å². The molecule has 0 aliphatic heterocycles. The van der Waals surface area contributed by atoms with Gasteiger partial charge in [0.2, 0.25) is 0 Å². The smallest absolute Gasteiger partial charge is 0.176 e. The summed E-state index contributed by atoms with van der Waals surface area (Å²) in [7, 11) is 1.69. The van der Waals surface area contributed by atoms with Crippen molar-refractivity contribution in [3.8, 4) is 0 Å². The first-order chi connectivity index (χ1) is 9.93. The second kappa shape index (κ2) is 8.96. The van der Waals surface area contributed by atoms with Crippen LogP contribution in [0.2, 0.25) is 0 Å². The molecule has 0 saturated heterocycles. The molecule has 0 spiro atoms. The molecule has 118 valence electrons. The molecule has 0 bridgehead atoms. The number of ketones is 1. The van der Waals surface area contributed by atoms with E-state index in [0.29, 0.717) is 25.0 Å². The maximum atomic E-state index is 12.4. The van der Waals surface area contributed by atoms with E-state index in [2.05, 4.69) is 44.7 Å². The maximum absolute atomic E-state index is 12.4. The van der Waals surface area contributed by atoms with Crippen molar-refractivity contribution in [2.75, 3.05) is 33.4 Å². The van der Waals surface area contributed by atoms with Gasteiger partial charge in [-0.1, -0.05) is 52.0 Å². The van der Waals surface area contributed by atoms with Gasteiger partial charge in [0.1, 0.15) is 0 Å². The van der Waals surface area contributed by atoms with Crippen molar-refractivity contribution in [1.29, 1.82) is 0 Å². The molecule has 1 aromatic rings. The number of Topliss-reactive ketones (excluding diaryl/α,β-unsaturated/α-hetero) is 1. The molecular formula is C18H29NO2. The molecule has 0 unspecified atom stereocenters. The van der Waals surface area contributed by atoms with Crippen LogP contribution in [0.1, 0.15) is 49.5 Å². The number of methoxy groups -OCH3 is 1. The van der Waals surface area contributed by atoms with Crippen LogP contribution in [0.4, 0.5) is 0 Å². The fourth-order valence-electron chi connectivity index (χ4n) is 2.32. The van der Waals surface area contributed by atoms with Crippen LogP contribution in [0, 0.1) is 5.92 Å². The van der Waals surface area contributed by atoms with Gasteiger partial charge < -0.3 is 4.74 Å². The zero-order valence-electron chi connectivity index (χ0n) is 14.1. The SMILES string of the molecule is COCCN(CC(=O)c1ccc(C(C)C)cc1)CC(C)C. The van der Waals surface area contributed by atoms with Crippen LogP contribution in [-0.2, 0) is 4.74 Å². The fourth-order valence-corrected chi connectivity index (χ4v) is 2.32. The van der Waals surface area contributed by atoms with E-state index >= 15 is 0 Å². The Morgan fingerprint density at radius 2 is 1.76 bits per heavy atom. The lowest BCUT2D eigenvalue weighted by Crippen LogP contribution is -2.35. The zero-order chi connectivity index (χ0) is 15.8. The largest absolute Gasteiger partial charge is 0.383 e. The van der Waals surface area contributed by atoms with E-state index in [1.165, 1.54) is 5.56 Å². The van der Waals surface area contributed by atoms with E-state index in [-0.39, 0.29) is 5.78 Å². The number of carbonyl (C=O) groups excluding carboxylic acids is 1. The van der Waals surface area contributed by atoms with Crippen LogP contribution < -0.4 is 0 Å². The molecule has 0 aliphatic carbocycles. The molecule has 21 heavy (non-hydrogen) atoms. The predicted molar refractivity (Wildman–Crippen MR) is 88.0 cm³/mol. The first-order valence-electron chi connectivity index (χ1n) is 7.78. The van der Waals surface area contributed by atoms with Gasteiger partial charge in [-0.25, -0.2) is 0 Å². The first-order valence-corrected chi connectivity index (χ1v) is 7.78. The van der Waals surface area contributed by atoms with Crippen molar-refractivity contribution in [2.24, 2.45) is 5.92 Å². The van der Waals surface area contributed by atoms with Crippen molar-refractivity contribution in [3.05, 3.63) is 35.4 Å². The minimum absolute atomic E-state index is 0.182. The highest BCUT2D eigenvalue weighted by Gasteiger charge is 2.14. The van der Waals surface area contributed by atoms with Crippen molar-refractivity contribution < 1.29 is 9.53 Å². The topological polar surface area (TPSA) is 29.5 Å². The molecule has 0 heterocycles. The summed E-state index contributed by atoms with van der Waals surface area (Å²) < 4.78 is 5.13. The Hall–Kier alpha value is -1.19. The van der Waals surface area contributed by atoms with E-state index in [1.54, 1.807) is 7.11 Å². The summed E-state index contributed by atoms with van der Waals surface area (Å²) >= 11 is 0. The second-order valence-corrected chi connectivity index (χ2v) is 6.32. The number of hydrogen-bond donors (Lipinski definition) is 0. The Balaban J connectivity index is 2.66. The average Bonchev–Trinajstić information content (AvgIpc) is 2.44. The Morgan fingerprint density at radius 1 is 1.14 bits per heavy atom. The van der Waals surface area contributed by atoms with Crippen LogP contribution >= 0.6 is 0 Å². The number of carbonyl (C=O) groups is 1. The van der Waals surface area contributed by atoms with Crippen molar-refractivity contribution in [1.82, 2.24) is 4.90 Å². The standard InChI is InChI=1S/C18H29NO2/c1-14(2)12-19(10-11-21-5)13-18(20)17-8-6-16(7-9-17)15(3)4/h6-9,14-15H,10-13H2,1-5H3. The van der Waals surface area contributed by atoms with Gasteiger partial charge in [-0.2, -0.15) is 0 Å². The summed E-state index contributed by atoms with van der Waals surface area (Å²) in [6.07, 6.45) is 0. The maximum Gasteiger partial charge on any atom is 0.176 e. The normalized spacial score (nSPS) is 11.6. The summed E-state index contributed by atoms with van der Waals surface area (Å²) in [6.45, 7) is 11.5.